The average molecular weight is 338 g/mol. The highest BCUT2D eigenvalue weighted by Gasteiger charge is 2.33. The molecular formula is C17H24ClN3O2. The molecule has 0 spiro atoms. The Hall–Kier alpha value is -1.59. The van der Waals surface area contributed by atoms with E-state index in [2.05, 4.69) is 0 Å². The lowest BCUT2D eigenvalue weighted by Crippen LogP contribution is -2.53. The van der Waals surface area contributed by atoms with E-state index in [4.69, 9.17) is 17.3 Å². The minimum absolute atomic E-state index is 0.138. The van der Waals surface area contributed by atoms with Crippen molar-refractivity contribution >= 4 is 23.4 Å². The molecule has 2 N–H and O–H groups in total. The fourth-order valence-corrected chi connectivity index (χ4v) is 2.98. The normalized spacial score (nSPS) is 17.8. The van der Waals surface area contributed by atoms with E-state index in [1.807, 2.05) is 42.7 Å². The van der Waals surface area contributed by atoms with E-state index >= 15 is 0 Å². The van der Waals surface area contributed by atoms with Crippen molar-refractivity contribution in [3.8, 4) is 0 Å². The van der Waals surface area contributed by atoms with Gasteiger partial charge in [-0.2, -0.15) is 0 Å². The quantitative estimate of drug-likeness (QED) is 0.918. The molecule has 1 heterocycles. The maximum atomic E-state index is 12.3. The van der Waals surface area contributed by atoms with Crippen molar-refractivity contribution in [1.82, 2.24) is 9.80 Å². The molecule has 5 nitrogen and oxygen atoms in total. The van der Waals surface area contributed by atoms with Crippen molar-refractivity contribution < 1.29 is 9.59 Å². The number of nitrogens with zero attached hydrogens (tertiary/aromatic N) is 2. The first-order valence-electron chi connectivity index (χ1n) is 7.78. The molecule has 1 aromatic rings. The summed E-state index contributed by atoms with van der Waals surface area (Å²) in [6, 6.07) is 6.67. The molecule has 0 aromatic heterocycles. The van der Waals surface area contributed by atoms with Gasteiger partial charge in [-0.3, -0.25) is 14.5 Å². The molecule has 1 aliphatic rings. The lowest BCUT2D eigenvalue weighted by atomic mass is 9.94. The molecular weight excluding hydrogens is 314 g/mol. The predicted molar refractivity (Wildman–Crippen MR) is 91.0 cm³/mol. The summed E-state index contributed by atoms with van der Waals surface area (Å²) in [4.78, 5) is 28.1. The van der Waals surface area contributed by atoms with Crippen LogP contribution in [0.15, 0.2) is 24.3 Å². The van der Waals surface area contributed by atoms with E-state index < -0.39 is 6.04 Å². The minimum atomic E-state index is -0.487. The zero-order valence-electron chi connectivity index (χ0n) is 13.9. The predicted octanol–water partition coefficient (Wildman–Crippen LogP) is 2.06. The number of benzene rings is 1. The fraction of sp³-hybridized carbons (Fsp3) is 0.529. The molecule has 0 aliphatic carbocycles. The second-order valence-corrected chi connectivity index (χ2v) is 7.37. The number of nitrogens with two attached hydrogens (primary N) is 1. The van der Waals surface area contributed by atoms with Gasteiger partial charge in [0, 0.05) is 36.6 Å². The Morgan fingerprint density at radius 1 is 1.09 bits per heavy atom. The zero-order chi connectivity index (χ0) is 17.2. The summed E-state index contributed by atoms with van der Waals surface area (Å²) in [5.74, 6) is -0.248. The van der Waals surface area contributed by atoms with Crippen LogP contribution in [0.4, 0.5) is 0 Å². The van der Waals surface area contributed by atoms with Crippen molar-refractivity contribution in [3.63, 3.8) is 0 Å². The van der Waals surface area contributed by atoms with Gasteiger partial charge in [0.15, 0.2) is 0 Å². The zero-order valence-corrected chi connectivity index (χ0v) is 14.6. The molecule has 0 unspecified atom stereocenters. The van der Waals surface area contributed by atoms with Crippen LogP contribution in [0.25, 0.3) is 0 Å². The van der Waals surface area contributed by atoms with Crippen LogP contribution in [0.3, 0.4) is 0 Å². The number of amides is 2. The SMILES string of the molecule is CC(C)(C)C(=O)N1CCN([C@@H](C(N)=O)c2ccc(Cl)cc2)CC1. The topological polar surface area (TPSA) is 66.6 Å². The molecule has 1 fully saturated rings. The lowest BCUT2D eigenvalue weighted by Gasteiger charge is -2.40. The first-order chi connectivity index (χ1) is 10.7. The van der Waals surface area contributed by atoms with E-state index in [0.29, 0.717) is 31.2 Å². The fourth-order valence-electron chi connectivity index (χ4n) is 2.86. The van der Waals surface area contributed by atoms with E-state index in [-0.39, 0.29) is 17.2 Å². The third kappa shape index (κ3) is 4.24. The van der Waals surface area contributed by atoms with E-state index in [0.717, 1.165) is 5.56 Å². The van der Waals surface area contributed by atoms with Crippen molar-refractivity contribution in [1.29, 1.82) is 0 Å². The van der Waals surface area contributed by atoms with Gasteiger partial charge in [0.25, 0.3) is 0 Å². The molecule has 1 aromatic carbocycles. The van der Waals surface area contributed by atoms with Gasteiger partial charge in [0.1, 0.15) is 6.04 Å². The summed E-state index contributed by atoms with van der Waals surface area (Å²) >= 11 is 5.90. The molecule has 23 heavy (non-hydrogen) atoms. The van der Waals surface area contributed by atoms with E-state index in [1.165, 1.54) is 0 Å². The van der Waals surface area contributed by atoms with Gasteiger partial charge in [-0.1, -0.05) is 44.5 Å². The standard InChI is InChI=1S/C17H24ClN3O2/c1-17(2,3)16(23)21-10-8-20(9-11-21)14(15(19)22)12-4-6-13(18)7-5-12/h4-7,14H,8-11H2,1-3H3,(H2,19,22)/t14-/m1/s1. The molecule has 2 rings (SSSR count). The van der Waals surface area contributed by atoms with Crippen LogP contribution >= 0.6 is 11.6 Å². The van der Waals surface area contributed by atoms with Gasteiger partial charge in [-0.05, 0) is 17.7 Å². The highest BCUT2D eigenvalue weighted by atomic mass is 35.5. The number of hydrogen-bond donors (Lipinski definition) is 1. The summed E-state index contributed by atoms with van der Waals surface area (Å²) in [5.41, 5.74) is 6.05. The van der Waals surface area contributed by atoms with Gasteiger partial charge >= 0.3 is 0 Å². The molecule has 0 saturated carbocycles. The first-order valence-corrected chi connectivity index (χ1v) is 8.16. The summed E-state index contributed by atoms with van der Waals surface area (Å²) in [5, 5.41) is 0.623. The number of rotatable bonds is 3. The molecule has 1 aliphatic heterocycles. The van der Waals surface area contributed by atoms with Crippen LogP contribution in [-0.2, 0) is 9.59 Å². The van der Waals surface area contributed by atoms with Crippen molar-refractivity contribution in [2.24, 2.45) is 11.1 Å². The van der Waals surface area contributed by atoms with Crippen LogP contribution in [0, 0.1) is 5.41 Å². The summed E-state index contributed by atoms with van der Waals surface area (Å²) < 4.78 is 0. The first kappa shape index (κ1) is 17.8. The number of carbonyl (C=O) groups is 2. The van der Waals surface area contributed by atoms with Crippen LogP contribution < -0.4 is 5.73 Å². The third-order valence-corrected chi connectivity index (χ3v) is 4.32. The van der Waals surface area contributed by atoms with E-state index in [1.54, 1.807) is 12.1 Å². The van der Waals surface area contributed by atoms with Crippen LogP contribution in [0.5, 0.6) is 0 Å². The molecule has 0 radical (unpaired) electrons. The second kappa shape index (κ2) is 6.89. The van der Waals surface area contributed by atoms with Crippen molar-refractivity contribution in [2.75, 3.05) is 26.2 Å². The summed E-state index contributed by atoms with van der Waals surface area (Å²) in [6.45, 7) is 8.21. The van der Waals surface area contributed by atoms with E-state index in [9.17, 15) is 9.59 Å². The van der Waals surface area contributed by atoms with Gasteiger partial charge in [0.2, 0.25) is 11.8 Å². The Bertz CT molecular complexity index is 572. The van der Waals surface area contributed by atoms with Gasteiger partial charge in [-0.25, -0.2) is 0 Å². The molecule has 1 saturated heterocycles. The molecule has 6 heteroatoms. The Morgan fingerprint density at radius 2 is 1.61 bits per heavy atom. The molecule has 1 atom stereocenters. The molecule has 126 valence electrons. The Kier molecular flexibility index (Phi) is 5.32. The Labute approximate surface area is 142 Å². The number of carbonyl (C=O) groups excluding carboxylic acids is 2. The Morgan fingerprint density at radius 3 is 2.04 bits per heavy atom. The number of primary amides is 1. The smallest absolute Gasteiger partial charge is 0.239 e. The number of piperazine rings is 1. The third-order valence-electron chi connectivity index (χ3n) is 4.06. The number of halogens is 1. The second-order valence-electron chi connectivity index (χ2n) is 6.93. The van der Waals surface area contributed by atoms with Crippen molar-refractivity contribution in [3.05, 3.63) is 34.9 Å². The van der Waals surface area contributed by atoms with Gasteiger partial charge in [0.05, 0.1) is 0 Å². The lowest BCUT2D eigenvalue weighted by molar-refractivity contribution is -0.142. The maximum Gasteiger partial charge on any atom is 0.239 e. The van der Waals surface area contributed by atoms with Crippen LogP contribution in [0.2, 0.25) is 5.02 Å². The number of hydrogen-bond acceptors (Lipinski definition) is 3. The summed E-state index contributed by atoms with van der Waals surface area (Å²) in [6.07, 6.45) is 0. The van der Waals surface area contributed by atoms with Gasteiger partial charge in [-0.15, -0.1) is 0 Å². The molecule has 0 bridgehead atoms. The largest absolute Gasteiger partial charge is 0.368 e. The highest BCUT2D eigenvalue weighted by molar-refractivity contribution is 6.30. The van der Waals surface area contributed by atoms with Gasteiger partial charge < -0.3 is 10.6 Å². The monoisotopic (exact) mass is 337 g/mol. The Balaban J connectivity index is 2.08. The van der Waals surface area contributed by atoms with Crippen LogP contribution in [-0.4, -0.2) is 47.8 Å². The maximum absolute atomic E-state index is 12.3. The average Bonchev–Trinajstić information content (AvgIpc) is 2.48. The summed E-state index contributed by atoms with van der Waals surface area (Å²) in [7, 11) is 0. The minimum Gasteiger partial charge on any atom is -0.368 e. The molecule has 2 amide bonds. The van der Waals surface area contributed by atoms with Crippen molar-refractivity contribution in [2.45, 2.75) is 26.8 Å². The van der Waals surface area contributed by atoms with Crippen LogP contribution in [0.1, 0.15) is 32.4 Å². The highest BCUT2D eigenvalue weighted by Crippen LogP contribution is 2.25.